The van der Waals surface area contributed by atoms with E-state index in [0.717, 1.165) is 65.8 Å². The van der Waals surface area contributed by atoms with Crippen molar-refractivity contribution >= 4 is 253 Å². The summed E-state index contributed by atoms with van der Waals surface area (Å²) in [6.45, 7) is 1.99. The minimum Gasteiger partial charge on any atom is -0.312 e. The standard InChI is InChI=1S/C31H37B15N2O2S/c1-6-2-4-7(5-3-6)51(49,50)48-29-10(14(34)18(38)21(41)24(29)44)11-15(35)31(26(46)25(45)30(11)48)47-27-8(12(32)16(36)19(39)22(27)42)9-13(33)17(37)20(40)23(43)28(9)47/h2-5H,32-46H2,1H3. The van der Waals surface area contributed by atoms with E-state index in [0.29, 0.717) is 4.90 Å². The van der Waals surface area contributed by atoms with Crippen molar-refractivity contribution < 1.29 is 8.42 Å². The van der Waals surface area contributed by atoms with Crippen LogP contribution in [0.15, 0.2) is 29.2 Å². The highest BCUT2D eigenvalue weighted by molar-refractivity contribution is 7.90. The fraction of sp³-hybridized carbons (Fsp3) is 0.0323. The summed E-state index contributed by atoms with van der Waals surface area (Å²) in [5, 5.41) is 4.71. The van der Waals surface area contributed by atoms with Gasteiger partial charge in [-0.05, 0) is 29.8 Å². The Morgan fingerprint density at radius 3 is 1.12 bits per heavy atom. The monoisotopic (exact) mass is 666 g/mol. The molecule has 7 rings (SSSR count). The molecule has 0 amide bonds. The van der Waals surface area contributed by atoms with Crippen LogP contribution >= 0.6 is 0 Å². The summed E-state index contributed by atoms with van der Waals surface area (Å²) in [5.74, 6) is 0. The summed E-state index contributed by atoms with van der Waals surface area (Å²) in [6, 6.07) is 7.27. The number of nitrogens with zero attached hydrogens (tertiary/aromatic N) is 2. The molecule has 0 N–H and O–H groups in total. The Hall–Kier alpha value is -3.38. The largest absolute Gasteiger partial charge is 0.312 e. The second-order valence-electron chi connectivity index (χ2n) is 15.5. The van der Waals surface area contributed by atoms with Crippen LogP contribution < -0.4 is 81.9 Å². The molecule has 0 aliphatic carbocycles. The van der Waals surface area contributed by atoms with Gasteiger partial charge in [-0.2, -0.15) is 0 Å². The van der Waals surface area contributed by atoms with Gasteiger partial charge in [0.2, 0.25) is 0 Å². The summed E-state index contributed by atoms with van der Waals surface area (Å²) in [6.07, 6.45) is 0. The third-order valence-electron chi connectivity index (χ3n) is 13.3. The Bertz CT molecular complexity index is 2800. The van der Waals surface area contributed by atoms with Crippen LogP contribution in [0.1, 0.15) is 5.56 Å². The molecule has 0 bridgehead atoms. The molecule has 2 heterocycles. The molecule has 0 atom stereocenters. The number of aryl methyl sites for hydroxylation is 1. The van der Waals surface area contributed by atoms with E-state index >= 15 is 0 Å². The fourth-order valence-electron chi connectivity index (χ4n) is 9.13. The summed E-state index contributed by atoms with van der Waals surface area (Å²) >= 11 is 0. The minimum absolute atomic E-state index is 0.303. The van der Waals surface area contributed by atoms with Crippen LogP contribution in [0.25, 0.3) is 49.3 Å². The summed E-state index contributed by atoms with van der Waals surface area (Å²) in [5.41, 5.74) is 24.5. The Labute approximate surface area is 316 Å². The van der Waals surface area contributed by atoms with Crippen LogP contribution in [0.4, 0.5) is 0 Å². The molecule has 0 saturated heterocycles. The normalized spacial score (nSPS) is 12.2. The number of aromatic nitrogens is 2. The minimum atomic E-state index is -3.96. The molecule has 0 fully saturated rings. The Balaban J connectivity index is 1.82. The van der Waals surface area contributed by atoms with Gasteiger partial charge in [0.25, 0.3) is 10.0 Å². The van der Waals surface area contributed by atoms with Crippen LogP contribution in [0.2, 0.25) is 0 Å². The second-order valence-corrected chi connectivity index (χ2v) is 17.3. The molecule has 0 aliphatic rings. The van der Waals surface area contributed by atoms with Crippen LogP contribution in [0, 0.1) is 6.92 Å². The smallest absolute Gasteiger partial charge is 0.268 e. The van der Waals surface area contributed by atoms with Gasteiger partial charge in [-0.3, -0.25) is 0 Å². The zero-order chi connectivity index (χ0) is 37.5. The maximum Gasteiger partial charge on any atom is 0.268 e. The van der Waals surface area contributed by atoms with Gasteiger partial charge < -0.3 is 4.57 Å². The van der Waals surface area contributed by atoms with Crippen molar-refractivity contribution in [2.45, 2.75) is 11.8 Å². The molecular weight excluding hydrogens is 627 g/mol. The summed E-state index contributed by atoms with van der Waals surface area (Å²) < 4.78 is 34.2. The van der Waals surface area contributed by atoms with Crippen molar-refractivity contribution in [2.75, 3.05) is 0 Å². The zero-order valence-electron chi connectivity index (χ0n) is 33.4. The first-order chi connectivity index (χ1) is 23.8. The average molecular weight is 664 g/mol. The van der Waals surface area contributed by atoms with Gasteiger partial charge in [0, 0.05) is 27.5 Å². The molecule has 5 aromatic carbocycles. The zero-order valence-corrected chi connectivity index (χ0v) is 34.2. The van der Waals surface area contributed by atoms with E-state index in [1.54, 1.807) is 16.1 Å². The molecule has 7 aromatic rings. The van der Waals surface area contributed by atoms with Crippen molar-refractivity contribution in [1.82, 2.24) is 8.54 Å². The second kappa shape index (κ2) is 11.8. The lowest BCUT2D eigenvalue weighted by Gasteiger charge is -2.23. The molecule has 234 valence electrons. The highest BCUT2D eigenvalue weighted by Gasteiger charge is 2.31. The van der Waals surface area contributed by atoms with Crippen molar-refractivity contribution in [1.29, 1.82) is 0 Å². The number of hydrogen-bond donors (Lipinski definition) is 0. The molecule has 20 heteroatoms. The number of benzene rings is 5. The quantitative estimate of drug-likeness (QED) is 0.177. The Morgan fingerprint density at radius 2 is 0.706 bits per heavy atom. The number of rotatable bonds is 3. The lowest BCUT2D eigenvalue weighted by molar-refractivity contribution is 0.590. The van der Waals surface area contributed by atoms with Crippen molar-refractivity contribution in [2.24, 2.45) is 0 Å². The maximum absolute atomic E-state index is 15.0. The van der Waals surface area contributed by atoms with Crippen LogP contribution in [0.3, 0.4) is 0 Å². The highest BCUT2D eigenvalue weighted by atomic mass is 32.2. The molecule has 0 aliphatic heterocycles. The highest BCUT2D eigenvalue weighted by Crippen LogP contribution is 2.31. The van der Waals surface area contributed by atoms with Gasteiger partial charge in [-0.15, -0.1) is 16.4 Å². The van der Waals surface area contributed by atoms with E-state index in [1.807, 2.05) is 19.1 Å². The van der Waals surface area contributed by atoms with Crippen molar-refractivity contribution in [3.63, 3.8) is 0 Å². The third-order valence-corrected chi connectivity index (χ3v) is 15.1. The number of fused-ring (bicyclic) bond motifs is 6. The lowest BCUT2D eigenvalue weighted by Crippen LogP contribution is -2.49. The van der Waals surface area contributed by atoms with E-state index < -0.39 is 10.0 Å². The Kier molecular flexibility index (Phi) is 8.34. The lowest BCUT2D eigenvalue weighted by atomic mass is 9.63. The average Bonchev–Trinajstić information content (AvgIpc) is 3.65. The predicted molar refractivity (Wildman–Crippen MR) is 270 cm³/mol. The SMILES string of the molecule is Bc1c(B)c(B)c2c(c1B)c1c(B)c(B)c(B)c(B)c1n2-c1c(B)c(B)c2c(c1B)c1c(B)c(B)c(B)c(B)c1n2S(=O)(=O)c1ccc(C)cc1. The van der Waals surface area contributed by atoms with E-state index in [-0.39, 0.29) is 0 Å². The van der Waals surface area contributed by atoms with E-state index in [2.05, 4.69) is 122 Å². The summed E-state index contributed by atoms with van der Waals surface area (Å²) in [4.78, 5) is 0.303. The van der Waals surface area contributed by atoms with Gasteiger partial charge in [0.1, 0.15) is 118 Å². The molecule has 0 spiro atoms. The van der Waals surface area contributed by atoms with Crippen molar-refractivity contribution in [3.05, 3.63) is 29.8 Å². The third kappa shape index (κ3) is 4.56. The van der Waals surface area contributed by atoms with Gasteiger partial charge >= 0.3 is 0 Å². The van der Waals surface area contributed by atoms with Crippen LogP contribution in [-0.2, 0) is 10.0 Å². The van der Waals surface area contributed by atoms with E-state index in [9.17, 15) is 8.42 Å². The van der Waals surface area contributed by atoms with Gasteiger partial charge in [0.15, 0.2) is 0 Å². The number of hydrogen-bond acceptors (Lipinski definition) is 2. The molecule has 51 heavy (non-hydrogen) atoms. The first-order valence-electron chi connectivity index (χ1n) is 18.2. The molecule has 0 radical (unpaired) electrons. The maximum atomic E-state index is 15.0. The van der Waals surface area contributed by atoms with E-state index in [4.69, 9.17) is 0 Å². The van der Waals surface area contributed by atoms with E-state index in [1.165, 1.54) is 71.0 Å². The predicted octanol–water partition coefficient (Wildman–Crippen LogP) is -18.7. The van der Waals surface area contributed by atoms with Crippen LogP contribution in [0.5, 0.6) is 0 Å². The molecule has 0 saturated carbocycles. The van der Waals surface area contributed by atoms with Gasteiger partial charge in [0.05, 0.1) is 15.9 Å². The van der Waals surface area contributed by atoms with Crippen LogP contribution in [-0.4, -0.2) is 135 Å². The molecule has 0 unspecified atom stereocenters. The fourth-order valence-corrected chi connectivity index (χ4v) is 10.8. The topological polar surface area (TPSA) is 44.0 Å². The van der Waals surface area contributed by atoms with Gasteiger partial charge in [-0.25, -0.2) is 12.4 Å². The molecule has 2 aromatic heterocycles. The van der Waals surface area contributed by atoms with Crippen molar-refractivity contribution in [3.8, 4) is 5.69 Å². The Morgan fingerprint density at radius 1 is 0.392 bits per heavy atom. The van der Waals surface area contributed by atoms with Gasteiger partial charge in [-0.1, -0.05) is 83.2 Å². The molecule has 4 nitrogen and oxygen atoms in total. The first-order valence-corrected chi connectivity index (χ1v) is 19.6. The first kappa shape index (κ1) is 36.0. The summed E-state index contributed by atoms with van der Waals surface area (Å²) in [7, 11) is 29.3. The molecular formula is C31H37B15N2O2S.